The molecule has 2 heterocycles. The number of nitrogens with zero attached hydrogens (tertiary/aromatic N) is 4. The lowest BCUT2D eigenvalue weighted by atomic mass is 9.92. The minimum atomic E-state index is -4.46. The van der Waals surface area contributed by atoms with Crippen LogP contribution in [-0.2, 0) is 12.4 Å². The number of halogens is 6. The zero-order valence-corrected chi connectivity index (χ0v) is 18.0. The Hall–Kier alpha value is -4.34. The van der Waals surface area contributed by atoms with Gasteiger partial charge in [0, 0.05) is 21.9 Å². The second-order valence-electron chi connectivity index (χ2n) is 8.23. The highest BCUT2D eigenvalue weighted by Crippen LogP contribution is 2.42. The van der Waals surface area contributed by atoms with Crippen molar-refractivity contribution in [1.29, 1.82) is 0 Å². The maximum Gasteiger partial charge on any atom is 0.416 e. The van der Waals surface area contributed by atoms with Gasteiger partial charge in [0.15, 0.2) is 0 Å². The first kappa shape index (κ1) is 22.1. The highest BCUT2D eigenvalue weighted by Gasteiger charge is 2.31. The molecular weight excluding hydrogens is 482 g/mol. The Labute approximate surface area is 198 Å². The largest absolute Gasteiger partial charge is 0.416 e. The van der Waals surface area contributed by atoms with Gasteiger partial charge in [-0.3, -0.25) is 0 Å². The topological polar surface area (TPSA) is 51.6 Å². The van der Waals surface area contributed by atoms with E-state index in [-0.39, 0.29) is 0 Å². The quantitative estimate of drug-likeness (QED) is 0.184. The van der Waals surface area contributed by atoms with Crippen LogP contribution in [0.4, 0.5) is 26.3 Å². The second kappa shape index (κ2) is 7.58. The molecule has 6 rings (SSSR count). The molecule has 36 heavy (non-hydrogen) atoms. The molecule has 0 aliphatic carbocycles. The fourth-order valence-corrected chi connectivity index (χ4v) is 4.45. The summed E-state index contributed by atoms with van der Waals surface area (Å²) < 4.78 is 78.3. The Balaban J connectivity index is 1.60. The lowest BCUT2D eigenvalue weighted by Crippen LogP contribution is -2.04. The van der Waals surface area contributed by atoms with E-state index in [9.17, 15) is 26.3 Å². The predicted molar refractivity (Wildman–Crippen MR) is 122 cm³/mol. The third-order valence-corrected chi connectivity index (χ3v) is 6.12. The van der Waals surface area contributed by atoms with Crippen LogP contribution in [-0.4, -0.2) is 19.9 Å². The van der Waals surface area contributed by atoms with Crippen molar-refractivity contribution in [3.63, 3.8) is 0 Å². The molecule has 0 bridgehead atoms. The van der Waals surface area contributed by atoms with Gasteiger partial charge in [-0.2, -0.15) is 26.3 Å². The molecule has 0 spiro atoms. The summed E-state index contributed by atoms with van der Waals surface area (Å²) >= 11 is 0. The summed E-state index contributed by atoms with van der Waals surface area (Å²) in [5.41, 5.74) is 2.70. The van der Waals surface area contributed by atoms with Crippen LogP contribution in [0.15, 0.2) is 73.3 Å². The minimum Gasteiger partial charge on any atom is -0.236 e. The van der Waals surface area contributed by atoms with E-state index in [4.69, 9.17) is 0 Å². The van der Waals surface area contributed by atoms with Crippen molar-refractivity contribution in [2.75, 3.05) is 0 Å². The Morgan fingerprint density at radius 2 is 0.833 bits per heavy atom. The molecule has 0 aliphatic rings. The van der Waals surface area contributed by atoms with Crippen LogP contribution in [0.2, 0.25) is 0 Å². The molecule has 2 aromatic heterocycles. The number of hydrogen-bond donors (Lipinski definition) is 0. The van der Waals surface area contributed by atoms with E-state index in [1.165, 1.54) is 36.9 Å². The average molecular weight is 494 g/mol. The zero-order chi connectivity index (χ0) is 25.2. The van der Waals surface area contributed by atoms with Crippen LogP contribution in [0.5, 0.6) is 0 Å². The van der Waals surface area contributed by atoms with Crippen LogP contribution >= 0.6 is 0 Å². The molecule has 0 atom stereocenters. The van der Waals surface area contributed by atoms with Gasteiger partial charge in [0.2, 0.25) is 0 Å². The summed E-state index contributed by atoms with van der Waals surface area (Å²) in [6, 6.07) is 13.0. The first-order valence-electron chi connectivity index (χ1n) is 10.6. The highest BCUT2D eigenvalue weighted by molar-refractivity contribution is 6.25. The van der Waals surface area contributed by atoms with Gasteiger partial charge in [-0.1, -0.05) is 24.3 Å². The van der Waals surface area contributed by atoms with Gasteiger partial charge in [0.25, 0.3) is 0 Å². The van der Waals surface area contributed by atoms with Gasteiger partial charge in [-0.25, -0.2) is 19.9 Å². The van der Waals surface area contributed by atoms with Crippen molar-refractivity contribution in [3.05, 3.63) is 84.4 Å². The molecule has 0 radical (unpaired) electrons. The van der Waals surface area contributed by atoms with E-state index < -0.39 is 23.5 Å². The standard InChI is InChI=1S/C26H12F6N4/c27-25(28,29)15-5-1-13(2-6-15)17-9-19-22-21-20(34-11-35-23(17)21)10-18(24(22)36-12-33-19)14-3-7-16(8-4-14)26(30,31)32/h1-12H. The number of aromatic nitrogens is 4. The van der Waals surface area contributed by atoms with Gasteiger partial charge in [-0.15, -0.1) is 0 Å². The van der Waals surface area contributed by atoms with Crippen molar-refractivity contribution in [1.82, 2.24) is 19.9 Å². The predicted octanol–water partition coefficient (Wildman–Crippen LogP) is 7.54. The van der Waals surface area contributed by atoms with Crippen LogP contribution in [0, 0.1) is 0 Å². The zero-order valence-electron chi connectivity index (χ0n) is 18.0. The summed E-state index contributed by atoms with van der Waals surface area (Å²) in [7, 11) is 0. The third-order valence-electron chi connectivity index (χ3n) is 6.12. The molecular formula is C26H12F6N4. The van der Waals surface area contributed by atoms with Gasteiger partial charge < -0.3 is 0 Å². The highest BCUT2D eigenvalue weighted by atomic mass is 19.4. The van der Waals surface area contributed by atoms with Gasteiger partial charge in [0.1, 0.15) is 12.7 Å². The Bertz CT molecular complexity index is 1610. The van der Waals surface area contributed by atoms with E-state index >= 15 is 0 Å². The van der Waals surface area contributed by atoms with Crippen molar-refractivity contribution in [2.24, 2.45) is 0 Å². The molecule has 0 saturated heterocycles. The monoisotopic (exact) mass is 494 g/mol. The molecule has 0 fully saturated rings. The SMILES string of the molecule is FC(F)(F)c1ccc(-c2cc3ncnc4c(-c5ccc(C(F)(F)F)cc5)cc5ncnc2c5c34)cc1. The Morgan fingerprint density at radius 1 is 0.472 bits per heavy atom. The molecule has 0 unspecified atom stereocenters. The van der Waals surface area contributed by atoms with Crippen LogP contribution in [0.1, 0.15) is 11.1 Å². The molecule has 0 saturated carbocycles. The normalized spacial score (nSPS) is 12.7. The molecule has 10 heteroatoms. The van der Waals surface area contributed by atoms with Crippen molar-refractivity contribution >= 4 is 32.8 Å². The first-order valence-corrected chi connectivity index (χ1v) is 10.6. The fraction of sp³-hybridized carbons (Fsp3) is 0.0769. The van der Waals surface area contributed by atoms with E-state index in [0.717, 1.165) is 24.3 Å². The van der Waals surface area contributed by atoms with Crippen molar-refractivity contribution in [2.45, 2.75) is 12.4 Å². The molecule has 4 aromatic carbocycles. The summed E-state index contributed by atoms with van der Waals surface area (Å²) in [6.07, 6.45) is -6.23. The summed E-state index contributed by atoms with van der Waals surface area (Å²) in [5.74, 6) is 0. The maximum atomic E-state index is 13.0. The fourth-order valence-electron chi connectivity index (χ4n) is 4.45. The van der Waals surface area contributed by atoms with E-state index in [1.807, 2.05) is 0 Å². The van der Waals surface area contributed by atoms with Crippen LogP contribution in [0.25, 0.3) is 55.1 Å². The molecule has 4 nitrogen and oxygen atoms in total. The average Bonchev–Trinajstić information content (AvgIpc) is 2.86. The molecule has 0 aliphatic heterocycles. The van der Waals surface area contributed by atoms with Gasteiger partial charge in [-0.05, 0) is 47.5 Å². The lowest BCUT2D eigenvalue weighted by molar-refractivity contribution is -0.138. The second-order valence-corrected chi connectivity index (χ2v) is 8.23. The summed E-state index contributed by atoms with van der Waals surface area (Å²) in [5, 5.41) is 1.24. The van der Waals surface area contributed by atoms with Crippen molar-refractivity contribution < 1.29 is 26.3 Å². The molecule has 0 N–H and O–H groups in total. The summed E-state index contributed by atoms with van der Waals surface area (Å²) in [6.45, 7) is 0. The lowest BCUT2D eigenvalue weighted by Gasteiger charge is -2.16. The number of benzene rings is 4. The van der Waals surface area contributed by atoms with Gasteiger partial charge in [0.05, 0.1) is 33.2 Å². The Morgan fingerprint density at radius 3 is 1.17 bits per heavy atom. The number of rotatable bonds is 2. The molecule has 6 aromatic rings. The van der Waals surface area contributed by atoms with Crippen LogP contribution in [0.3, 0.4) is 0 Å². The van der Waals surface area contributed by atoms with E-state index in [0.29, 0.717) is 55.1 Å². The Kier molecular flexibility index (Phi) is 4.66. The van der Waals surface area contributed by atoms with Crippen LogP contribution < -0.4 is 0 Å². The van der Waals surface area contributed by atoms with Gasteiger partial charge >= 0.3 is 12.4 Å². The minimum absolute atomic E-state index is 0.506. The maximum absolute atomic E-state index is 13.0. The first-order chi connectivity index (χ1) is 17.1. The van der Waals surface area contributed by atoms with Crippen molar-refractivity contribution in [3.8, 4) is 22.3 Å². The smallest absolute Gasteiger partial charge is 0.236 e. The molecule has 0 amide bonds. The third kappa shape index (κ3) is 3.48. The number of hydrogen-bond acceptors (Lipinski definition) is 4. The van der Waals surface area contributed by atoms with E-state index in [2.05, 4.69) is 19.9 Å². The molecule has 178 valence electrons. The summed E-state index contributed by atoms with van der Waals surface area (Å²) in [4.78, 5) is 17.5. The number of alkyl halides is 6. The van der Waals surface area contributed by atoms with E-state index in [1.54, 1.807) is 12.1 Å².